The van der Waals surface area contributed by atoms with E-state index in [4.69, 9.17) is 5.11 Å². The topological polar surface area (TPSA) is 87.1 Å². The second-order valence-corrected chi connectivity index (χ2v) is 3.11. The molecule has 1 heterocycles. The van der Waals surface area contributed by atoms with E-state index in [1.54, 1.807) is 26.4 Å². The van der Waals surface area contributed by atoms with Gasteiger partial charge in [-0.25, -0.2) is 15.4 Å². The minimum absolute atomic E-state index is 0.0206. The quantitative estimate of drug-likeness (QED) is 0.594. The van der Waals surface area contributed by atoms with Gasteiger partial charge in [-0.05, 0) is 14.0 Å². The lowest BCUT2D eigenvalue weighted by Gasteiger charge is -2.15. The van der Waals surface area contributed by atoms with Crippen molar-refractivity contribution in [2.45, 2.75) is 19.4 Å². The third-order valence-corrected chi connectivity index (χ3v) is 1.90. The summed E-state index contributed by atoms with van der Waals surface area (Å²) in [5, 5.41) is 8.72. The van der Waals surface area contributed by atoms with Gasteiger partial charge < -0.3 is 5.11 Å². The number of carboxylic acid groups (broad SMARTS) is 1. The van der Waals surface area contributed by atoms with Crippen molar-refractivity contribution in [2.24, 2.45) is 0 Å². The molecule has 0 saturated heterocycles. The number of carbonyl (C=O) groups is 1. The van der Waals surface area contributed by atoms with Gasteiger partial charge in [-0.2, -0.15) is 0 Å². The number of aryl methyl sites for hydroxylation is 1. The van der Waals surface area contributed by atoms with Gasteiger partial charge in [-0.1, -0.05) is 0 Å². The van der Waals surface area contributed by atoms with Crippen LogP contribution in [0.15, 0.2) is 12.4 Å². The van der Waals surface area contributed by atoms with Crippen molar-refractivity contribution in [3.8, 4) is 0 Å². The van der Waals surface area contributed by atoms with E-state index in [1.807, 2.05) is 0 Å². The Morgan fingerprint density at radius 3 is 2.60 bits per heavy atom. The Morgan fingerprint density at radius 1 is 1.53 bits per heavy atom. The lowest BCUT2D eigenvalue weighted by molar-refractivity contribution is -0.137. The van der Waals surface area contributed by atoms with Crippen molar-refractivity contribution in [3.05, 3.63) is 23.8 Å². The van der Waals surface area contributed by atoms with Crippen molar-refractivity contribution >= 4 is 5.97 Å². The first-order valence-corrected chi connectivity index (χ1v) is 4.56. The zero-order valence-electron chi connectivity index (χ0n) is 8.69. The SMILES string of the molecule is CNNC(CC(=O)O)c1cnc(C)nc1. The van der Waals surface area contributed by atoms with Gasteiger partial charge in [0.2, 0.25) is 0 Å². The summed E-state index contributed by atoms with van der Waals surface area (Å²) >= 11 is 0. The van der Waals surface area contributed by atoms with Crippen molar-refractivity contribution < 1.29 is 9.90 Å². The molecule has 0 spiro atoms. The third-order valence-electron chi connectivity index (χ3n) is 1.90. The summed E-state index contributed by atoms with van der Waals surface area (Å²) < 4.78 is 0. The van der Waals surface area contributed by atoms with Gasteiger partial charge in [0.25, 0.3) is 0 Å². The minimum Gasteiger partial charge on any atom is -0.481 e. The monoisotopic (exact) mass is 210 g/mol. The van der Waals surface area contributed by atoms with E-state index < -0.39 is 5.97 Å². The van der Waals surface area contributed by atoms with E-state index in [2.05, 4.69) is 20.8 Å². The summed E-state index contributed by atoms with van der Waals surface area (Å²) in [6.07, 6.45) is 3.23. The van der Waals surface area contributed by atoms with Gasteiger partial charge in [-0.3, -0.25) is 10.2 Å². The maximum atomic E-state index is 10.6. The normalized spacial score (nSPS) is 12.4. The molecule has 0 radical (unpaired) electrons. The molecule has 0 aliphatic carbocycles. The van der Waals surface area contributed by atoms with Gasteiger partial charge in [0.15, 0.2) is 0 Å². The van der Waals surface area contributed by atoms with Crippen LogP contribution in [0.3, 0.4) is 0 Å². The van der Waals surface area contributed by atoms with E-state index in [0.29, 0.717) is 5.82 Å². The van der Waals surface area contributed by atoms with E-state index in [0.717, 1.165) is 5.56 Å². The van der Waals surface area contributed by atoms with Crippen LogP contribution in [0, 0.1) is 6.92 Å². The molecule has 0 saturated carbocycles. The number of hydrogen-bond acceptors (Lipinski definition) is 5. The van der Waals surface area contributed by atoms with Crippen molar-refractivity contribution in [1.29, 1.82) is 0 Å². The minimum atomic E-state index is -0.872. The van der Waals surface area contributed by atoms with Crippen LogP contribution in [0.4, 0.5) is 0 Å². The summed E-state index contributed by atoms with van der Waals surface area (Å²) in [4.78, 5) is 18.7. The molecule has 1 unspecified atom stereocenters. The molecule has 1 aromatic heterocycles. The first-order valence-electron chi connectivity index (χ1n) is 4.56. The molecule has 6 nitrogen and oxygen atoms in total. The highest BCUT2D eigenvalue weighted by atomic mass is 16.4. The number of aromatic nitrogens is 2. The smallest absolute Gasteiger partial charge is 0.305 e. The van der Waals surface area contributed by atoms with Crippen LogP contribution in [0.1, 0.15) is 23.9 Å². The Kier molecular flexibility index (Phi) is 4.14. The molecular formula is C9H14N4O2. The zero-order chi connectivity index (χ0) is 11.3. The predicted molar refractivity (Wildman–Crippen MR) is 54.0 cm³/mol. The van der Waals surface area contributed by atoms with Crippen molar-refractivity contribution in [2.75, 3.05) is 7.05 Å². The first kappa shape index (κ1) is 11.5. The Labute approximate surface area is 87.7 Å². The molecule has 0 amide bonds. The molecule has 0 aliphatic rings. The molecule has 3 N–H and O–H groups in total. The number of aliphatic carboxylic acids is 1. The van der Waals surface area contributed by atoms with E-state index >= 15 is 0 Å². The fourth-order valence-corrected chi connectivity index (χ4v) is 1.18. The zero-order valence-corrected chi connectivity index (χ0v) is 8.69. The van der Waals surface area contributed by atoms with Crippen molar-refractivity contribution in [1.82, 2.24) is 20.8 Å². The molecule has 0 bridgehead atoms. The van der Waals surface area contributed by atoms with Crippen molar-refractivity contribution in [3.63, 3.8) is 0 Å². The highest BCUT2D eigenvalue weighted by molar-refractivity contribution is 5.67. The van der Waals surface area contributed by atoms with Crippen LogP contribution in [-0.4, -0.2) is 28.1 Å². The Hall–Kier alpha value is -1.53. The largest absolute Gasteiger partial charge is 0.481 e. The summed E-state index contributed by atoms with van der Waals surface area (Å²) in [6, 6.07) is -0.326. The highest BCUT2D eigenvalue weighted by Crippen LogP contribution is 2.13. The summed E-state index contributed by atoms with van der Waals surface area (Å²) in [7, 11) is 1.68. The molecule has 15 heavy (non-hydrogen) atoms. The molecule has 0 fully saturated rings. The van der Waals surface area contributed by atoms with Crippen LogP contribution in [0.2, 0.25) is 0 Å². The van der Waals surface area contributed by atoms with Crippen LogP contribution in [-0.2, 0) is 4.79 Å². The number of carboxylic acids is 1. The molecular weight excluding hydrogens is 196 g/mol. The molecule has 1 aromatic rings. The van der Waals surface area contributed by atoms with Gasteiger partial charge in [0.1, 0.15) is 5.82 Å². The van der Waals surface area contributed by atoms with E-state index in [9.17, 15) is 4.79 Å². The molecule has 0 aromatic carbocycles. The van der Waals surface area contributed by atoms with E-state index in [1.165, 1.54) is 0 Å². The average molecular weight is 210 g/mol. The van der Waals surface area contributed by atoms with Crippen LogP contribution in [0.25, 0.3) is 0 Å². The molecule has 6 heteroatoms. The van der Waals surface area contributed by atoms with E-state index in [-0.39, 0.29) is 12.5 Å². The molecule has 0 aliphatic heterocycles. The number of hydrazine groups is 1. The maximum Gasteiger partial charge on any atom is 0.305 e. The fraction of sp³-hybridized carbons (Fsp3) is 0.444. The van der Waals surface area contributed by atoms with Gasteiger partial charge in [0.05, 0.1) is 12.5 Å². The second kappa shape index (κ2) is 5.38. The molecule has 1 rings (SSSR count). The number of rotatable bonds is 5. The summed E-state index contributed by atoms with van der Waals surface area (Å²) in [6.45, 7) is 1.78. The Balaban J connectivity index is 2.78. The molecule has 1 atom stereocenters. The Bertz CT molecular complexity index is 325. The van der Waals surface area contributed by atoms with Crippen LogP contribution in [0.5, 0.6) is 0 Å². The van der Waals surface area contributed by atoms with Gasteiger partial charge >= 0.3 is 5.97 Å². The summed E-state index contributed by atoms with van der Waals surface area (Å²) in [5.41, 5.74) is 6.30. The number of hydrogen-bond donors (Lipinski definition) is 3. The Morgan fingerprint density at radius 2 is 2.13 bits per heavy atom. The van der Waals surface area contributed by atoms with Gasteiger partial charge in [-0.15, -0.1) is 0 Å². The number of nitrogens with one attached hydrogen (secondary N) is 2. The standard InChI is InChI=1S/C9H14N4O2/c1-6-11-4-7(5-12-6)8(13-10-2)3-9(14)15/h4-5,8,10,13H,3H2,1-2H3,(H,14,15). The second-order valence-electron chi connectivity index (χ2n) is 3.11. The molecule has 82 valence electrons. The predicted octanol–water partition coefficient (Wildman–Crippen LogP) is 0.0248. The fourth-order valence-electron chi connectivity index (χ4n) is 1.18. The van der Waals surface area contributed by atoms with Crippen LogP contribution < -0.4 is 10.9 Å². The lowest BCUT2D eigenvalue weighted by Crippen LogP contribution is -2.33. The number of nitrogens with zero attached hydrogens (tertiary/aromatic N) is 2. The third kappa shape index (κ3) is 3.61. The summed E-state index contributed by atoms with van der Waals surface area (Å²) in [5.74, 6) is -0.208. The van der Waals surface area contributed by atoms with Gasteiger partial charge in [0, 0.05) is 18.0 Å². The average Bonchev–Trinajstić information content (AvgIpc) is 2.17. The lowest BCUT2D eigenvalue weighted by atomic mass is 10.1. The first-order chi connectivity index (χ1) is 7.13. The van der Waals surface area contributed by atoms with Crippen LogP contribution >= 0.6 is 0 Å². The highest BCUT2D eigenvalue weighted by Gasteiger charge is 2.14. The maximum absolute atomic E-state index is 10.6.